The van der Waals surface area contributed by atoms with Crippen LogP contribution in [0.15, 0.2) is 42.5 Å². The number of hydrogen-bond acceptors (Lipinski definition) is 3. The van der Waals surface area contributed by atoms with Gasteiger partial charge in [0.2, 0.25) is 0 Å². The third-order valence-corrected chi connectivity index (χ3v) is 3.85. The summed E-state index contributed by atoms with van der Waals surface area (Å²) >= 11 is 0. The first-order valence-corrected chi connectivity index (χ1v) is 8.31. The highest BCUT2D eigenvalue weighted by atomic mass is 16.5. The van der Waals surface area contributed by atoms with Crippen LogP contribution in [0.2, 0.25) is 0 Å². The Morgan fingerprint density at radius 3 is 2.44 bits per heavy atom. The highest BCUT2D eigenvalue weighted by molar-refractivity contribution is 5.97. The van der Waals surface area contributed by atoms with Gasteiger partial charge in [0.25, 0.3) is 5.91 Å². The quantitative estimate of drug-likeness (QED) is 0.815. The summed E-state index contributed by atoms with van der Waals surface area (Å²) in [5.41, 5.74) is 3.29. The van der Waals surface area contributed by atoms with E-state index in [1.165, 1.54) is 6.92 Å². The molecule has 0 atom stereocenters. The van der Waals surface area contributed by atoms with Gasteiger partial charge in [0.15, 0.2) is 12.4 Å². The minimum absolute atomic E-state index is 0.0400. The summed E-state index contributed by atoms with van der Waals surface area (Å²) < 4.78 is 5.75. The summed E-state index contributed by atoms with van der Waals surface area (Å²) in [5, 5.41) is 2.76. The molecular weight excluding hydrogens is 314 g/mol. The van der Waals surface area contributed by atoms with Crippen LogP contribution >= 0.6 is 0 Å². The molecule has 0 spiro atoms. The first-order valence-electron chi connectivity index (χ1n) is 8.31. The van der Waals surface area contributed by atoms with Crippen molar-refractivity contribution in [2.75, 3.05) is 11.9 Å². The monoisotopic (exact) mass is 339 g/mol. The number of ketones is 1. The van der Waals surface area contributed by atoms with E-state index in [1.54, 1.807) is 24.3 Å². The van der Waals surface area contributed by atoms with Gasteiger partial charge in [0.05, 0.1) is 0 Å². The zero-order valence-corrected chi connectivity index (χ0v) is 15.5. The molecule has 0 aliphatic rings. The first-order chi connectivity index (χ1) is 11.7. The number of carbonyl (C=O) groups excluding carboxylic acids is 2. The molecule has 0 heterocycles. The van der Waals surface area contributed by atoms with E-state index in [1.807, 2.05) is 19.1 Å². The summed E-state index contributed by atoms with van der Waals surface area (Å²) in [4.78, 5) is 23.6. The molecule has 0 aliphatic carbocycles. The van der Waals surface area contributed by atoms with Crippen LogP contribution in [0, 0.1) is 6.92 Å². The van der Waals surface area contributed by atoms with Crippen LogP contribution in [0.5, 0.6) is 5.75 Å². The third-order valence-electron chi connectivity index (χ3n) is 3.85. The number of hydrogen-bond donors (Lipinski definition) is 1. The Kier molecular flexibility index (Phi) is 5.62. The number of carbonyl (C=O) groups is 2. The number of amides is 1. The van der Waals surface area contributed by atoms with Gasteiger partial charge in [-0.05, 0) is 43.0 Å². The van der Waals surface area contributed by atoms with Crippen molar-refractivity contribution >= 4 is 17.4 Å². The lowest BCUT2D eigenvalue weighted by molar-refractivity contribution is -0.118. The fourth-order valence-corrected chi connectivity index (χ4v) is 2.51. The maximum Gasteiger partial charge on any atom is 0.262 e. The van der Waals surface area contributed by atoms with Crippen molar-refractivity contribution in [2.45, 2.75) is 40.0 Å². The molecule has 0 aliphatic heterocycles. The minimum Gasteiger partial charge on any atom is -0.483 e. The molecule has 0 fully saturated rings. The third kappa shape index (κ3) is 5.18. The first kappa shape index (κ1) is 18.7. The Hall–Kier alpha value is -2.62. The molecule has 132 valence electrons. The highest BCUT2D eigenvalue weighted by Crippen LogP contribution is 2.32. The van der Waals surface area contributed by atoms with Crippen molar-refractivity contribution in [3.63, 3.8) is 0 Å². The number of anilines is 1. The maximum absolute atomic E-state index is 12.2. The lowest BCUT2D eigenvalue weighted by atomic mass is 9.85. The number of rotatable bonds is 5. The Morgan fingerprint density at radius 1 is 1.08 bits per heavy atom. The molecule has 0 saturated carbocycles. The molecule has 0 unspecified atom stereocenters. The molecule has 1 amide bonds. The van der Waals surface area contributed by atoms with Crippen molar-refractivity contribution in [1.29, 1.82) is 0 Å². The van der Waals surface area contributed by atoms with Crippen molar-refractivity contribution < 1.29 is 14.3 Å². The van der Waals surface area contributed by atoms with Crippen molar-refractivity contribution in [2.24, 2.45) is 0 Å². The predicted molar refractivity (Wildman–Crippen MR) is 100 cm³/mol. The number of nitrogens with one attached hydrogen (secondary N) is 1. The Morgan fingerprint density at radius 2 is 1.80 bits per heavy atom. The van der Waals surface area contributed by atoms with Gasteiger partial charge in [-0.15, -0.1) is 0 Å². The molecular formula is C21H25NO3. The van der Waals surface area contributed by atoms with Gasteiger partial charge < -0.3 is 10.1 Å². The van der Waals surface area contributed by atoms with Gasteiger partial charge in [-0.3, -0.25) is 9.59 Å². The van der Waals surface area contributed by atoms with E-state index in [0.717, 1.165) is 11.1 Å². The normalized spacial score (nSPS) is 11.1. The van der Waals surface area contributed by atoms with Crippen LogP contribution < -0.4 is 10.1 Å². The number of ether oxygens (including phenoxy) is 1. The molecule has 2 rings (SSSR count). The lowest BCUT2D eigenvalue weighted by Crippen LogP contribution is -2.22. The second-order valence-corrected chi connectivity index (χ2v) is 7.22. The van der Waals surface area contributed by atoms with E-state index < -0.39 is 0 Å². The summed E-state index contributed by atoms with van der Waals surface area (Å²) in [5.74, 6) is 0.411. The molecule has 1 N–H and O–H groups in total. The average molecular weight is 339 g/mol. The van der Waals surface area contributed by atoms with E-state index >= 15 is 0 Å². The second-order valence-electron chi connectivity index (χ2n) is 7.22. The summed E-state index contributed by atoms with van der Waals surface area (Å²) in [6.07, 6.45) is 0. The van der Waals surface area contributed by atoms with Crippen LogP contribution in [-0.4, -0.2) is 18.3 Å². The molecule has 4 heteroatoms. The zero-order valence-electron chi connectivity index (χ0n) is 15.5. The predicted octanol–water partition coefficient (Wildman–Crippen LogP) is 4.51. The highest BCUT2D eigenvalue weighted by Gasteiger charge is 2.19. The summed E-state index contributed by atoms with van der Waals surface area (Å²) in [6, 6.07) is 12.8. The largest absolute Gasteiger partial charge is 0.483 e. The van der Waals surface area contributed by atoms with Crippen LogP contribution in [0.25, 0.3) is 0 Å². The molecule has 4 nitrogen and oxygen atoms in total. The number of Topliss-reactive ketones (excluding diaryl/α,β-unsaturated/α-hetero) is 1. The van der Waals surface area contributed by atoms with Crippen LogP contribution in [0.1, 0.15) is 49.2 Å². The Bertz CT molecular complexity index is 788. The van der Waals surface area contributed by atoms with Crippen LogP contribution in [0.4, 0.5) is 5.69 Å². The zero-order chi connectivity index (χ0) is 18.6. The number of aryl methyl sites for hydroxylation is 1. The fraction of sp³-hybridized carbons (Fsp3) is 0.333. The molecule has 2 aromatic rings. The van der Waals surface area contributed by atoms with Gasteiger partial charge in [0.1, 0.15) is 5.75 Å². The lowest BCUT2D eigenvalue weighted by Gasteiger charge is -2.23. The second kappa shape index (κ2) is 7.51. The van der Waals surface area contributed by atoms with Gasteiger partial charge in [-0.25, -0.2) is 0 Å². The van der Waals surface area contributed by atoms with E-state index in [4.69, 9.17) is 4.74 Å². The van der Waals surface area contributed by atoms with Gasteiger partial charge >= 0.3 is 0 Å². The molecule has 0 radical (unpaired) electrons. The number of benzene rings is 2. The van der Waals surface area contributed by atoms with E-state index in [-0.39, 0.29) is 23.7 Å². The van der Waals surface area contributed by atoms with Crippen molar-refractivity contribution in [3.8, 4) is 5.75 Å². The van der Waals surface area contributed by atoms with Gasteiger partial charge in [0, 0.05) is 11.3 Å². The van der Waals surface area contributed by atoms with Crippen LogP contribution in [0.3, 0.4) is 0 Å². The Labute approximate surface area is 149 Å². The van der Waals surface area contributed by atoms with Gasteiger partial charge in [-0.2, -0.15) is 0 Å². The molecule has 0 saturated heterocycles. The average Bonchev–Trinajstić information content (AvgIpc) is 2.53. The maximum atomic E-state index is 12.2. The fourth-order valence-electron chi connectivity index (χ4n) is 2.51. The van der Waals surface area contributed by atoms with Gasteiger partial charge in [-0.1, -0.05) is 50.6 Å². The minimum atomic E-state index is -0.263. The standard InChI is InChI=1S/C21H25NO3/c1-14-9-10-19(18(11-14)21(3,4)5)25-13-20(24)22-17-8-6-7-16(12-17)15(2)23/h6-12H,13H2,1-5H3,(H,22,24). The van der Waals surface area contributed by atoms with E-state index in [2.05, 4.69) is 32.2 Å². The Balaban J connectivity index is 2.06. The van der Waals surface area contributed by atoms with Crippen molar-refractivity contribution in [1.82, 2.24) is 0 Å². The van der Waals surface area contributed by atoms with Crippen LogP contribution in [-0.2, 0) is 10.2 Å². The molecule has 2 aromatic carbocycles. The summed E-state index contributed by atoms with van der Waals surface area (Å²) in [7, 11) is 0. The van der Waals surface area contributed by atoms with E-state index in [9.17, 15) is 9.59 Å². The molecule has 0 bridgehead atoms. The molecule has 25 heavy (non-hydrogen) atoms. The van der Waals surface area contributed by atoms with E-state index in [0.29, 0.717) is 17.0 Å². The smallest absolute Gasteiger partial charge is 0.262 e. The van der Waals surface area contributed by atoms with Crippen molar-refractivity contribution in [3.05, 3.63) is 59.2 Å². The SMILES string of the molecule is CC(=O)c1cccc(NC(=O)COc2ccc(C)cc2C(C)(C)C)c1. The summed E-state index contributed by atoms with van der Waals surface area (Å²) in [6.45, 7) is 9.78. The topological polar surface area (TPSA) is 55.4 Å². The molecule has 0 aromatic heterocycles.